The van der Waals surface area contributed by atoms with E-state index in [9.17, 15) is 0 Å². The molecule has 2 aliphatic rings. The Balaban J connectivity index is 1.59. The Morgan fingerprint density at radius 1 is 1.12 bits per heavy atom. The molecule has 6 nitrogen and oxygen atoms in total. The highest BCUT2D eigenvalue weighted by atomic mass is 32.1. The third kappa shape index (κ3) is 3.93. The zero-order valence-corrected chi connectivity index (χ0v) is 16.8. The molecule has 0 aromatic carbocycles. The summed E-state index contributed by atoms with van der Waals surface area (Å²) in [5.74, 6) is 2.70. The zero-order chi connectivity index (χ0) is 17.9. The van der Waals surface area contributed by atoms with Crippen molar-refractivity contribution in [1.29, 1.82) is 0 Å². The van der Waals surface area contributed by atoms with Crippen LogP contribution in [0, 0.1) is 5.92 Å². The number of likely N-dealkylation sites (tertiary alicyclic amines) is 1. The number of hydrogen-bond acceptors (Lipinski definition) is 6. The Hall–Kier alpha value is -1.47. The third-order valence-corrected chi connectivity index (χ3v) is 6.71. The minimum Gasteiger partial charge on any atom is -0.365 e. The van der Waals surface area contributed by atoms with E-state index in [2.05, 4.69) is 27.3 Å². The summed E-state index contributed by atoms with van der Waals surface area (Å²) in [6.07, 6.45) is 9.89. The van der Waals surface area contributed by atoms with Crippen LogP contribution in [0.3, 0.4) is 0 Å². The van der Waals surface area contributed by atoms with Gasteiger partial charge in [-0.15, -0.1) is 11.3 Å². The van der Waals surface area contributed by atoms with Crippen LogP contribution >= 0.6 is 11.3 Å². The number of anilines is 1. The average molecular weight is 375 g/mol. The van der Waals surface area contributed by atoms with Gasteiger partial charge in [-0.2, -0.15) is 5.10 Å². The molecule has 26 heavy (non-hydrogen) atoms. The maximum Gasteiger partial charge on any atom is 0.183 e. The summed E-state index contributed by atoms with van der Waals surface area (Å²) in [6, 6.07) is 0.484. The van der Waals surface area contributed by atoms with Gasteiger partial charge < -0.3 is 10.2 Å². The molecule has 0 unspecified atom stereocenters. The SMILES string of the molecule is CNc1nc(-c2nc(CC3CCN(C)CC3)nn2C2CCCCC2)cs1. The molecule has 2 fully saturated rings. The van der Waals surface area contributed by atoms with Gasteiger partial charge in [0.2, 0.25) is 0 Å². The monoisotopic (exact) mass is 374 g/mol. The molecule has 0 spiro atoms. The summed E-state index contributed by atoms with van der Waals surface area (Å²) in [6.45, 7) is 2.39. The van der Waals surface area contributed by atoms with Crippen LogP contribution in [0.25, 0.3) is 11.5 Å². The minimum atomic E-state index is 0.484. The Morgan fingerprint density at radius 2 is 1.88 bits per heavy atom. The number of rotatable bonds is 5. The van der Waals surface area contributed by atoms with E-state index in [1.165, 1.54) is 58.0 Å². The topological polar surface area (TPSA) is 58.9 Å². The van der Waals surface area contributed by atoms with E-state index in [0.717, 1.165) is 28.9 Å². The van der Waals surface area contributed by atoms with Crippen molar-refractivity contribution in [2.75, 3.05) is 32.5 Å². The Kier molecular flexibility index (Phi) is 5.55. The standard InChI is InChI=1S/C19H30N6S/c1-20-19-21-16(13-26-19)18-22-17(12-14-8-10-24(2)11-9-14)23-25(18)15-6-4-3-5-7-15/h13-15H,3-12H2,1-2H3,(H,20,21). The van der Waals surface area contributed by atoms with E-state index in [-0.39, 0.29) is 0 Å². The highest BCUT2D eigenvalue weighted by molar-refractivity contribution is 7.14. The molecule has 3 heterocycles. The van der Waals surface area contributed by atoms with Gasteiger partial charge in [0, 0.05) is 18.8 Å². The summed E-state index contributed by atoms with van der Waals surface area (Å²) in [4.78, 5) is 12.1. The van der Waals surface area contributed by atoms with Crippen molar-refractivity contribution in [3.63, 3.8) is 0 Å². The van der Waals surface area contributed by atoms with Crippen LogP contribution in [0.2, 0.25) is 0 Å². The van der Waals surface area contributed by atoms with Crippen LogP contribution in [-0.2, 0) is 6.42 Å². The predicted octanol–water partition coefficient (Wildman–Crippen LogP) is 3.83. The van der Waals surface area contributed by atoms with E-state index in [0.29, 0.717) is 12.0 Å². The number of thiazole rings is 1. The number of piperidine rings is 1. The van der Waals surface area contributed by atoms with Crippen LogP contribution in [0.4, 0.5) is 5.13 Å². The van der Waals surface area contributed by atoms with Crippen LogP contribution < -0.4 is 5.32 Å². The Bertz CT molecular complexity index is 709. The van der Waals surface area contributed by atoms with Crippen LogP contribution in [0.5, 0.6) is 0 Å². The van der Waals surface area contributed by atoms with Crippen molar-refractivity contribution in [2.45, 2.75) is 57.4 Å². The van der Waals surface area contributed by atoms with Crippen molar-refractivity contribution in [3.05, 3.63) is 11.2 Å². The van der Waals surface area contributed by atoms with E-state index in [4.69, 9.17) is 15.1 Å². The second-order valence-corrected chi connectivity index (χ2v) is 8.68. The van der Waals surface area contributed by atoms with Crippen LogP contribution in [0.15, 0.2) is 5.38 Å². The van der Waals surface area contributed by atoms with Gasteiger partial charge in [0.15, 0.2) is 16.8 Å². The zero-order valence-electron chi connectivity index (χ0n) is 15.9. The molecule has 0 amide bonds. The van der Waals surface area contributed by atoms with Gasteiger partial charge in [-0.25, -0.2) is 14.6 Å². The fourth-order valence-electron chi connectivity index (χ4n) is 4.22. The highest BCUT2D eigenvalue weighted by Gasteiger charge is 2.25. The minimum absolute atomic E-state index is 0.484. The van der Waals surface area contributed by atoms with Crippen molar-refractivity contribution in [2.24, 2.45) is 5.92 Å². The molecule has 1 aliphatic carbocycles. The quantitative estimate of drug-likeness (QED) is 0.862. The van der Waals surface area contributed by atoms with Gasteiger partial charge in [0.1, 0.15) is 5.69 Å². The molecule has 1 N–H and O–H groups in total. The maximum atomic E-state index is 4.99. The lowest BCUT2D eigenvalue weighted by Gasteiger charge is -2.28. The molecular formula is C19H30N6S. The first kappa shape index (κ1) is 17.9. The molecule has 1 saturated heterocycles. The average Bonchev–Trinajstić information content (AvgIpc) is 3.31. The van der Waals surface area contributed by atoms with Crippen LogP contribution in [0.1, 0.15) is 56.8 Å². The predicted molar refractivity (Wildman–Crippen MR) is 107 cm³/mol. The summed E-state index contributed by atoms with van der Waals surface area (Å²) in [5.41, 5.74) is 0.965. The largest absolute Gasteiger partial charge is 0.365 e. The fourth-order valence-corrected chi connectivity index (χ4v) is 4.87. The Morgan fingerprint density at radius 3 is 2.58 bits per heavy atom. The number of nitrogens with zero attached hydrogens (tertiary/aromatic N) is 5. The fraction of sp³-hybridized carbons (Fsp3) is 0.737. The first-order valence-corrected chi connectivity index (χ1v) is 10.9. The molecular weight excluding hydrogens is 344 g/mol. The van der Waals surface area contributed by atoms with E-state index < -0.39 is 0 Å². The second-order valence-electron chi connectivity index (χ2n) is 7.83. The van der Waals surface area contributed by atoms with Gasteiger partial charge in [-0.3, -0.25) is 0 Å². The highest BCUT2D eigenvalue weighted by Crippen LogP contribution is 2.33. The van der Waals surface area contributed by atoms with Gasteiger partial charge in [-0.05, 0) is 51.7 Å². The molecule has 0 atom stereocenters. The van der Waals surface area contributed by atoms with Crippen molar-refractivity contribution >= 4 is 16.5 Å². The number of hydrogen-bond donors (Lipinski definition) is 1. The maximum absolute atomic E-state index is 4.99. The number of aromatic nitrogens is 4. The van der Waals surface area contributed by atoms with Gasteiger partial charge in [0.05, 0.1) is 6.04 Å². The molecule has 1 aliphatic heterocycles. The molecule has 2 aromatic rings. The normalized spacial score (nSPS) is 20.5. The van der Waals surface area contributed by atoms with Crippen molar-refractivity contribution in [3.8, 4) is 11.5 Å². The lowest BCUT2D eigenvalue weighted by atomic mass is 9.94. The molecule has 2 aromatic heterocycles. The van der Waals surface area contributed by atoms with Gasteiger partial charge in [-0.1, -0.05) is 19.3 Å². The molecule has 7 heteroatoms. The molecule has 0 radical (unpaired) electrons. The van der Waals surface area contributed by atoms with Crippen molar-refractivity contribution < 1.29 is 0 Å². The third-order valence-electron chi connectivity index (χ3n) is 5.85. The molecule has 142 valence electrons. The van der Waals surface area contributed by atoms with Crippen molar-refractivity contribution in [1.82, 2.24) is 24.6 Å². The molecule has 4 rings (SSSR count). The smallest absolute Gasteiger partial charge is 0.183 e. The first-order valence-electron chi connectivity index (χ1n) is 10.0. The molecule has 0 bridgehead atoms. The van der Waals surface area contributed by atoms with E-state index in [1.54, 1.807) is 11.3 Å². The van der Waals surface area contributed by atoms with E-state index in [1.807, 2.05) is 7.05 Å². The summed E-state index contributed by atoms with van der Waals surface area (Å²) in [7, 11) is 4.13. The van der Waals surface area contributed by atoms with Gasteiger partial charge in [0.25, 0.3) is 0 Å². The second kappa shape index (κ2) is 8.05. The summed E-state index contributed by atoms with van der Waals surface area (Å²) in [5, 5.41) is 11.2. The summed E-state index contributed by atoms with van der Waals surface area (Å²) < 4.78 is 2.21. The molecule has 1 saturated carbocycles. The first-order chi connectivity index (χ1) is 12.7. The lowest BCUT2D eigenvalue weighted by Crippen LogP contribution is -2.31. The lowest BCUT2D eigenvalue weighted by molar-refractivity contribution is 0.217. The van der Waals surface area contributed by atoms with Gasteiger partial charge >= 0.3 is 0 Å². The Labute approximate surface area is 160 Å². The van der Waals surface area contributed by atoms with Crippen LogP contribution in [-0.4, -0.2) is 51.8 Å². The number of nitrogens with one attached hydrogen (secondary N) is 1. The van der Waals surface area contributed by atoms with E-state index >= 15 is 0 Å². The summed E-state index contributed by atoms with van der Waals surface area (Å²) >= 11 is 1.64.